The van der Waals surface area contributed by atoms with Gasteiger partial charge in [-0.05, 0) is 87.5 Å². The topological polar surface area (TPSA) is 139 Å². The molecule has 2 aliphatic heterocycles. The maximum absolute atomic E-state index is 13.5. The highest BCUT2D eigenvalue weighted by Crippen LogP contribution is 2.33. The highest BCUT2D eigenvalue weighted by molar-refractivity contribution is 6.30. The fraction of sp³-hybridized carbons (Fsp3) is 0.467. The van der Waals surface area contributed by atoms with Gasteiger partial charge in [-0.2, -0.15) is 26.3 Å². The van der Waals surface area contributed by atoms with Crippen LogP contribution in [0.5, 0.6) is 0 Å². The Hall–Kier alpha value is -4.05. The van der Waals surface area contributed by atoms with Crippen molar-refractivity contribution in [3.63, 3.8) is 0 Å². The summed E-state index contributed by atoms with van der Waals surface area (Å²) in [5, 5.41) is 20.5. The first-order chi connectivity index (χ1) is 21.9. The molecule has 47 heavy (non-hydrogen) atoms. The number of nitrogens with zero attached hydrogens (tertiary/aromatic N) is 2. The lowest BCUT2D eigenvalue weighted by Gasteiger charge is -2.40. The molecular formula is C30H35ClF6N4O6. The van der Waals surface area contributed by atoms with Crippen LogP contribution in [0.3, 0.4) is 0 Å². The maximum atomic E-state index is 13.5. The van der Waals surface area contributed by atoms with E-state index in [1.54, 1.807) is 24.3 Å². The predicted molar refractivity (Wildman–Crippen MR) is 160 cm³/mol. The van der Waals surface area contributed by atoms with Crippen LogP contribution in [-0.4, -0.2) is 89.5 Å². The van der Waals surface area contributed by atoms with Crippen LogP contribution in [0.1, 0.15) is 37.3 Å². The van der Waals surface area contributed by atoms with Gasteiger partial charge in [0.1, 0.15) is 6.04 Å². The molecule has 3 amide bonds. The molecule has 1 atom stereocenters. The van der Waals surface area contributed by atoms with Crippen molar-refractivity contribution in [3.8, 4) is 0 Å². The second kappa shape index (κ2) is 17.8. The van der Waals surface area contributed by atoms with Gasteiger partial charge in [-0.1, -0.05) is 41.9 Å². The van der Waals surface area contributed by atoms with Crippen molar-refractivity contribution in [2.45, 2.75) is 44.1 Å². The summed E-state index contributed by atoms with van der Waals surface area (Å²) in [5.74, 6) is -4.10. The maximum Gasteiger partial charge on any atom is 0.490 e. The van der Waals surface area contributed by atoms with Crippen molar-refractivity contribution >= 4 is 41.2 Å². The summed E-state index contributed by atoms with van der Waals surface area (Å²) in [6, 6.07) is 15.2. The van der Waals surface area contributed by atoms with E-state index in [4.69, 9.17) is 31.4 Å². The Morgan fingerprint density at radius 1 is 0.766 bits per heavy atom. The molecular weight excluding hydrogens is 662 g/mol. The number of carboxylic acids is 2. The van der Waals surface area contributed by atoms with Crippen LogP contribution in [-0.2, 0) is 14.4 Å². The number of benzene rings is 2. The molecule has 260 valence electrons. The number of halogens is 7. The Morgan fingerprint density at radius 3 is 1.62 bits per heavy atom. The van der Waals surface area contributed by atoms with Crippen LogP contribution in [0, 0.1) is 11.8 Å². The van der Waals surface area contributed by atoms with Gasteiger partial charge in [0.2, 0.25) is 5.91 Å². The van der Waals surface area contributed by atoms with Crippen molar-refractivity contribution < 1.29 is 55.7 Å². The number of urea groups is 1. The fourth-order valence-corrected chi connectivity index (χ4v) is 5.16. The van der Waals surface area contributed by atoms with Crippen LogP contribution >= 0.6 is 11.6 Å². The normalized spacial score (nSPS) is 16.8. The zero-order valence-corrected chi connectivity index (χ0v) is 25.9. The van der Waals surface area contributed by atoms with E-state index in [9.17, 15) is 35.9 Å². The van der Waals surface area contributed by atoms with Crippen LogP contribution < -0.4 is 10.6 Å². The lowest BCUT2D eigenvalue weighted by molar-refractivity contribution is -0.193. The molecule has 0 spiro atoms. The zero-order valence-electron chi connectivity index (χ0n) is 25.2. The molecule has 2 saturated heterocycles. The number of amides is 3. The number of carbonyl (C=O) groups is 4. The minimum absolute atomic E-state index is 0.0470. The molecule has 0 aromatic heterocycles. The summed E-state index contributed by atoms with van der Waals surface area (Å²) < 4.78 is 63.5. The first-order valence-corrected chi connectivity index (χ1v) is 14.7. The Labute approximate surface area is 271 Å². The molecule has 2 aromatic carbocycles. The monoisotopic (exact) mass is 696 g/mol. The van der Waals surface area contributed by atoms with E-state index in [0.717, 1.165) is 37.4 Å². The highest BCUT2D eigenvalue weighted by atomic mass is 35.5. The van der Waals surface area contributed by atoms with Gasteiger partial charge in [-0.3, -0.25) is 4.79 Å². The van der Waals surface area contributed by atoms with E-state index >= 15 is 0 Å². The van der Waals surface area contributed by atoms with Crippen LogP contribution in [0.2, 0.25) is 5.02 Å². The number of alkyl halides is 6. The highest BCUT2D eigenvalue weighted by Gasteiger charge is 2.39. The smallest absolute Gasteiger partial charge is 0.475 e. The van der Waals surface area contributed by atoms with E-state index in [0.29, 0.717) is 16.6 Å². The molecule has 4 N–H and O–H groups in total. The van der Waals surface area contributed by atoms with E-state index in [1.807, 2.05) is 35.2 Å². The molecule has 2 fully saturated rings. The number of hydrogen-bond donors (Lipinski definition) is 4. The lowest BCUT2D eigenvalue weighted by atomic mass is 9.79. The van der Waals surface area contributed by atoms with Gasteiger partial charge >= 0.3 is 30.3 Å². The molecule has 17 heteroatoms. The SMILES string of the molecule is CN1CCC(C2CCN(C(=O)[C@H](NC(=O)Nc3ccc(Cl)cc3)c3ccccc3)CC2)CC1.O=C(O)C(F)(F)F.O=C(O)C(F)(F)F. The van der Waals surface area contributed by atoms with Gasteiger partial charge in [0.25, 0.3) is 0 Å². The summed E-state index contributed by atoms with van der Waals surface area (Å²) in [5.41, 5.74) is 1.40. The first-order valence-electron chi connectivity index (χ1n) is 14.3. The number of aliphatic carboxylic acids is 2. The van der Waals surface area contributed by atoms with E-state index < -0.39 is 36.4 Å². The summed E-state index contributed by atoms with van der Waals surface area (Å²) in [6.07, 6.45) is -5.57. The average molecular weight is 697 g/mol. The summed E-state index contributed by atoms with van der Waals surface area (Å²) in [4.78, 5) is 48.4. The third-order valence-corrected chi connectivity index (χ3v) is 7.78. The number of anilines is 1. The molecule has 2 heterocycles. The minimum Gasteiger partial charge on any atom is -0.475 e. The molecule has 0 aliphatic carbocycles. The van der Waals surface area contributed by atoms with Crippen molar-refractivity contribution in [2.24, 2.45) is 11.8 Å². The molecule has 2 aromatic rings. The third kappa shape index (κ3) is 13.7. The van der Waals surface area contributed by atoms with Crippen molar-refractivity contribution in [1.29, 1.82) is 0 Å². The second-order valence-electron chi connectivity index (χ2n) is 10.9. The molecule has 4 rings (SSSR count). The number of carbonyl (C=O) groups excluding carboxylic acids is 2. The van der Waals surface area contributed by atoms with Gasteiger partial charge in [-0.25, -0.2) is 14.4 Å². The molecule has 0 radical (unpaired) electrons. The number of nitrogens with one attached hydrogen (secondary N) is 2. The molecule has 2 aliphatic rings. The van der Waals surface area contributed by atoms with E-state index in [2.05, 4.69) is 22.6 Å². The molecule has 0 bridgehead atoms. The van der Waals surface area contributed by atoms with Crippen molar-refractivity contribution in [1.82, 2.24) is 15.1 Å². The number of likely N-dealkylation sites (tertiary alicyclic amines) is 2. The van der Waals surface area contributed by atoms with E-state index in [1.165, 1.54) is 25.9 Å². The number of hydrogen-bond acceptors (Lipinski definition) is 5. The summed E-state index contributed by atoms with van der Waals surface area (Å²) >= 11 is 5.93. The minimum atomic E-state index is -5.08. The zero-order chi connectivity index (χ0) is 35.4. The number of rotatable bonds is 5. The lowest BCUT2D eigenvalue weighted by Crippen LogP contribution is -2.48. The Bertz CT molecular complexity index is 1290. The van der Waals surface area contributed by atoms with E-state index in [-0.39, 0.29) is 5.91 Å². The van der Waals surface area contributed by atoms with Gasteiger partial charge < -0.3 is 30.6 Å². The largest absolute Gasteiger partial charge is 0.490 e. The quantitative estimate of drug-likeness (QED) is 0.279. The van der Waals surface area contributed by atoms with Crippen molar-refractivity contribution in [3.05, 3.63) is 65.2 Å². The van der Waals surface area contributed by atoms with Gasteiger partial charge in [0.15, 0.2) is 0 Å². The molecule has 0 saturated carbocycles. The average Bonchev–Trinajstić information content (AvgIpc) is 3.01. The number of carboxylic acid groups (broad SMARTS) is 2. The van der Waals surface area contributed by atoms with Gasteiger partial charge in [0.05, 0.1) is 0 Å². The van der Waals surface area contributed by atoms with Gasteiger partial charge in [-0.15, -0.1) is 0 Å². The van der Waals surface area contributed by atoms with Crippen molar-refractivity contribution in [2.75, 3.05) is 38.5 Å². The summed E-state index contributed by atoms with van der Waals surface area (Å²) in [7, 11) is 2.19. The third-order valence-electron chi connectivity index (χ3n) is 7.52. The fourth-order valence-electron chi connectivity index (χ4n) is 5.04. The first kappa shape index (κ1) is 39.1. The molecule has 0 unspecified atom stereocenters. The van der Waals surface area contributed by atoms with Crippen LogP contribution in [0.4, 0.5) is 36.8 Å². The standard InChI is InChI=1S/C26H33ClN4O2.2C2HF3O2/c1-30-15-11-19(12-16-30)20-13-17-31(18-14-20)25(32)24(21-5-3-2-4-6-21)29-26(33)28-23-9-7-22(27)8-10-23;2*3-2(4,5)1(6)7/h2-10,19-20,24H,11-18H2,1H3,(H2,28,29,33);2*(H,6,7)/t24-;;/m1../s1. The Kier molecular flexibility index (Phi) is 14.8. The number of piperidine rings is 2. The Morgan fingerprint density at radius 2 is 1.19 bits per heavy atom. The predicted octanol–water partition coefficient (Wildman–Crippen LogP) is 6.05. The second-order valence-corrected chi connectivity index (χ2v) is 11.3. The van der Waals surface area contributed by atoms with Crippen LogP contribution in [0.15, 0.2) is 54.6 Å². The van der Waals surface area contributed by atoms with Gasteiger partial charge in [0, 0.05) is 23.8 Å². The Balaban J connectivity index is 0.000000459. The molecule has 10 nitrogen and oxygen atoms in total. The van der Waals surface area contributed by atoms with Crippen LogP contribution in [0.25, 0.3) is 0 Å². The summed E-state index contributed by atoms with van der Waals surface area (Å²) in [6.45, 7) is 3.85.